The van der Waals surface area contributed by atoms with Crippen LogP contribution in [-0.4, -0.2) is 33.2 Å². The largest absolute Gasteiger partial charge is 0.480 e. The predicted molar refractivity (Wildman–Crippen MR) is 89.5 cm³/mol. The summed E-state index contributed by atoms with van der Waals surface area (Å²) in [5.74, 6) is -0.334. The molecule has 2 aromatic rings. The molecule has 0 aromatic carbocycles. The highest BCUT2D eigenvalue weighted by molar-refractivity contribution is 7.13. The Morgan fingerprint density at radius 2 is 2.33 bits per heavy atom. The van der Waals surface area contributed by atoms with Crippen LogP contribution >= 0.6 is 11.3 Å². The van der Waals surface area contributed by atoms with Crippen LogP contribution < -0.4 is 5.32 Å². The number of nitrogens with one attached hydrogen (secondary N) is 1. The van der Waals surface area contributed by atoms with Crippen molar-refractivity contribution in [3.63, 3.8) is 0 Å². The molecule has 0 aliphatic carbocycles. The fourth-order valence-corrected chi connectivity index (χ4v) is 2.72. The summed E-state index contributed by atoms with van der Waals surface area (Å²) < 4.78 is 5.15. The summed E-state index contributed by atoms with van der Waals surface area (Å²) in [5.41, 5.74) is 0. The molecular formula is C16H19N3O4S. The Morgan fingerprint density at radius 3 is 3.00 bits per heavy atom. The Kier molecular flexibility index (Phi) is 6.68. The summed E-state index contributed by atoms with van der Waals surface area (Å²) >= 11 is 1.52. The quantitative estimate of drug-likeness (QED) is 0.639. The van der Waals surface area contributed by atoms with Gasteiger partial charge in [-0.2, -0.15) is 4.98 Å². The lowest BCUT2D eigenvalue weighted by molar-refractivity contribution is -0.142. The van der Waals surface area contributed by atoms with Crippen molar-refractivity contribution in [3.05, 3.63) is 36.1 Å². The lowest BCUT2D eigenvalue weighted by Crippen LogP contribution is -2.40. The number of hydrogen-bond acceptors (Lipinski definition) is 6. The van der Waals surface area contributed by atoms with E-state index in [-0.39, 0.29) is 12.3 Å². The molecule has 2 rings (SSSR count). The zero-order valence-corrected chi connectivity index (χ0v) is 13.9. The lowest BCUT2D eigenvalue weighted by atomic mass is 10.1. The van der Waals surface area contributed by atoms with E-state index in [2.05, 4.69) is 22.0 Å². The first-order chi connectivity index (χ1) is 11.6. The number of amides is 1. The summed E-state index contributed by atoms with van der Waals surface area (Å²) in [5, 5.41) is 17.4. The number of aryl methyl sites for hydroxylation is 1. The normalized spacial score (nSPS) is 11.8. The second-order valence-corrected chi connectivity index (χ2v) is 6.11. The highest BCUT2D eigenvalue weighted by Gasteiger charge is 2.19. The van der Waals surface area contributed by atoms with Crippen molar-refractivity contribution in [2.75, 3.05) is 0 Å². The maximum Gasteiger partial charge on any atom is 0.326 e. The van der Waals surface area contributed by atoms with Crippen LogP contribution in [-0.2, 0) is 16.0 Å². The van der Waals surface area contributed by atoms with Crippen molar-refractivity contribution in [3.8, 4) is 10.7 Å². The van der Waals surface area contributed by atoms with Gasteiger partial charge in [0.05, 0.1) is 4.88 Å². The molecular weight excluding hydrogens is 330 g/mol. The van der Waals surface area contributed by atoms with E-state index in [1.165, 1.54) is 11.3 Å². The molecule has 128 valence electrons. The van der Waals surface area contributed by atoms with Gasteiger partial charge in [0.15, 0.2) is 0 Å². The summed E-state index contributed by atoms with van der Waals surface area (Å²) in [4.78, 5) is 28.1. The third kappa shape index (κ3) is 5.31. The molecule has 8 heteroatoms. The van der Waals surface area contributed by atoms with Gasteiger partial charge in [-0.15, -0.1) is 17.9 Å². The summed E-state index contributed by atoms with van der Waals surface area (Å²) in [7, 11) is 0. The Morgan fingerprint density at radius 1 is 1.50 bits per heavy atom. The third-order valence-electron chi connectivity index (χ3n) is 3.30. The van der Waals surface area contributed by atoms with Crippen molar-refractivity contribution in [1.82, 2.24) is 15.5 Å². The van der Waals surface area contributed by atoms with Gasteiger partial charge >= 0.3 is 5.97 Å². The van der Waals surface area contributed by atoms with Crippen LogP contribution in [0.4, 0.5) is 0 Å². The maximum atomic E-state index is 11.8. The molecule has 1 atom stereocenters. The van der Waals surface area contributed by atoms with E-state index in [0.29, 0.717) is 37.4 Å². The second kappa shape index (κ2) is 8.97. The minimum absolute atomic E-state index is 0.203. The molecule has 0 spiro atoms. The molecule has 0 saturated heterocycles. The van der Waals surface area contributed by atoms with Crippen LogP contribution in [0.5, 0.6) is 0 Å². The number of rotatable bonds is 10. The van der Waals surface area contributed by atoms with E-state index >= 15 is 0 Å². The van der Waals surface area contributed by atoms with Crippen molar-refractivity contribution < 1.29 is 19.2 Å². The van der Waals surface area contributed by atoms with E-state index in [1.807, 2.05) is 17.5 Å². The number of nitrogens with zero attached hydrogens (tertiary/aromatic N) is 2. The molecule has 2 heterocycles. The number of carbonyl (C=O) groups excluding carboxylic acids is 1. The predicted octanol–water partition coefficient (Wildman–Crippen LogP) is 2.66. The highest BCUT2D eigenvalue weighted by Crippen LogP contribution is 2.21. The standard InChI is InChI=1S/C16H19N3O4S/c1-2-3-6-11(16(21)22)17-13(20)8-4-9-14-18-15(19-23-14)12-7-5-10-24-12/h2,5,7,10-11H,1,3-4,6,8-9H2,(H,17,20)(H,21,22). The monoisotopic (exact) mass is 349 g/mol. The molecule has 7 nitrogen and oxygen atoms in total. The molecule has 0 aliphatic heterocycles. The van der Waals surface area contributed by atoms with Crippen molar-refractivity contribution in [2.45, 2.75) is 38.1 Å². The van der Waals surface area contributed by atoms with E-state index in [1.54, 1.807) is 6.08 Å². The number of thiophene rings is 1. The molecule has 2 aromatic heterocycles. The molecule has 0 bridgehead atoms. The first-order valence-corrected chi connectivity index (χ1v) is 8.47. The van der Waals surface area contributed by atoms with E-state index in [0.717, 1.165) is 4.88 Å². The Hall–Kier alpha value is -2.48. The zero-order valence-electron chi connectivity index (χ0n) is 13.1. The first-order valence-electron chi connectivity index (χ1n) is 7.59. The fourth-order valence-electron chi connectivity index (χ4n) is 2.07. The van der Waals surface area contributed by atoms with Gasteiger partial charge in [0.2, 0.25) is 17.6 Å². The summed E-state index contributed by atoms with van der Waals surface area (Å²) in [6.45, 7) is 3.55. The second-order valence-electron chi connectivity index (χ2n) is 5.17. The summed E-state index contributed by atoms with van der Waals surface area (Å²) in [6, 6.07) is 2.93. The Labute approximate surface area is 143 Å². The zero-order chi connectivity index (χ0) is 17.4. The average Bonchev–Trinajstić information content (AvgIpc) is 3.22. The van der Waals surface area contributed by atoms with Crippen LogP contribution in [0.1, 0.15) is 31.6 Å². The Balaban J connectivity index is 1.76. The van der Waals surface area contributed by atoms with E-state index in [9.17, 15) is 9.59 Å². The van der Waals surface area contributed by atoms with Gasteiger partial charge in [0, 0.05) is 12.8 Å². The van der Waals surface area contributed by atoms with Gasteiger partial charge in [-0.1, -0.05) is 17.3 Å². The number of allylic oxidation sites excluding steroid dienone is 1. The van der Waals surface area contributed by atoms with Crippen LogP contribution in [0, 0.1) is 0 Å². The number of aliphatic carboxylic acids is 1. The number of carbonyl (C=O) groups is 2. The summed E-state index contributed by atoms with van der Waals surface area (Å²) in [6.07, 6.45) is 3.67. The van der Waals surface area contributed by atoms with Crippen LogP contribution in [0.2, 0.25) is 0 Å². The maximum absolute atomic E-state index is 11.8. The minimum atomic E-state index is -1.04. The molecule has 0 saturated carbocycles. The highest BCUT2D eigenvalue weighted by atomic mass is 32.1. The lowest BCUT2D eigenvalue weighted by Gasteiger charge is -2.13. The van der Waals surface area contributed by atoms with Crippen LogP contribution in [0.25, 0.3) is 10.7 Å². The molecule has 24 heavy (non-hydrogen) atoms. The van der Waals surface area contributed by atoms with Crippen molar-refractivity contribution in [2.24, 2.45) is 0 Å². The van der Waals surface area contributed by atoms with Crippen LogP contribution in [0.15, 0.2) is 34.7 Å². The van der Waals surface area contributed by atoms with Crippen molar-refractivity contribution in [1.29, 1.82) is 0 Å². The van der Waals surface area contributed by atoms with Gasteiger partial charge in [0.1, 0.15) is 6.04 Å². The van der Waals surface area contributed by atoms with Gasteiger partial charge in [0.25, 0.3) is 0 Å². The SMILES string of the molecule is C=CCCC(NC(=O)CCCc1nc(-c2cccs2)no1)C(=O)O. The van der Waals surface area contributed by atoms with Gasteiger partial charge in [-0.05, 0) is 30.7 Å². The fraction of sp³-hybridized carbons (Fsp3) is 0.375. The smallest absolute Gasteiger partial charge is 0.326 e. The number of aromatic nitrogens is 2. The topological polar surface area (TPSA) is 105 Å². The van der Waals surface area contributed by atoms with Crippen LogP contribution in [0.3, 0.4) is 0 Å². The molecule has 2 N–H and O–H groups in total. The third-order valence-corrected chi connectivity index (χ3v) is 4.16. The Bertz CT molecular complexity index is 681. The molecule has 0 aliphatic rings. The van der Waals surface area contributed by atoms with Crippen molar-refractivity contribution >= 4 is 23.2 Å². The minimum Gasteiger partial charge on any atom is -0.480 e. The van der Waals surface area contributed by atoms with Gasteiger partial charge in [-0.3, -0.25) is 4.79 Å². The van der Waals surface area contributed by atoms with E-state index < -0.39 is 12.0 Å². The number of hydrogen-bond donors (Lipinski definition) is 2. The molecule has 0 fully saturated rings. The molecule has 1 unspecified atom stereocenters. The molecule has 0 radical (unpaired) electrons. The number of carboxylic acids is 1. The first kappa shape index (κ1) is 17.9. The molecule has 1 amide bonds. The van der Waals surface area contributed by atoms with Gasteiger partial charge < -0.3 is 14.9 Å². The van der Waals surface area contributed by atoms with E-state index in [4.69, 9.17) is 9.63 Å². The average molecular weight is 349 g/mol. The van der Waals surface area contributed by atoms with Gasteiger partial charge in [-0.25, -0.2) is 4.79 Å². The number of carboxylic acid groups (broad SMARTS) is 1.